The topological polar surface area (TPSA) is 68.2 Å². The third-order valence-corrected chi connectivity index (χ3v) is 2.99. The summed E-state index contributed by atoms with van der Waals surface area (Å²) < 4.78 is 6.96. The molecule has 1 aromatic carbocycles. The van der Waals surface area contributed by atoms with Crippen molar-refractivity contribution in [2.75, 3.05) is 20.2 Å². The largest absolute Gasteiger partial charge is 0.497 e. The van der Waals surface area contributed by atoms with Gasteiger partial charge >= 0.3 is 0 Å². The van der Waals surface area contributed by atoms with Crippen molar-refractivity contribution in [1.82, 2.24) is 20.4 Å². The highest BCUT2D eigenvalue weighted by Gasteiger charge is 2.01. The van der Waals surface area contributed by atoms with E-state index in [0.29, 0.717) is 19.6 Å². The zero-order chi connectivity index (χ0) is 14.9. The quantitative estimate of drug-likeness (QED) is 0.705. The Kier molecular flexibility index (Phi) is 5.78. The van der Waals surface area contributed by atoms with Gasteiger partial charge in [-0.25, -0.2) is 0 Å². The van der Waals surface area contributed by atoms with Crippen LogP contribution in [0.1, 0.15) is 5.56 Å². The molecule has 1 aromatic heterocycles. The second kappa shape index (κ2) is 8.06. The van der Waals surface area contributed by atoms with Crippen molar-refractivity contribution in [3.63, 3.8) is 0 Å². The van der Waals surface area contributed by atoms with Crippen molar-refractivity contribution in [3.8, 4) is 5.75 Å². The van der Waals surface area contributed by atoms with Gasteiger partial charge in [-0.05, 0) is 23.8 Å². The number of rotatable bonds is 8. The first-order chi connectivity index (χ1) is 10.3. The molecule has 0 aliphatic rings. The van der Waals surface area contributed by atoms with Crippen LogP contribution in [0.4, 0.5) is 0 Å². The first kappa shape index (κ1) is 15.1. The number of hydrogen-bond donors (Lipinski definition) is 2. The monoisotopic (exact) mass is 288 g/mol. The summed E-state index contributed by atoms with van der Waals surface area (Å²) in [4.78, 5) is 11.7. The molecule has 0 aliphatic carbocycles. The number of carbonyl (C=O) groups excluding carboxylic acids is 1. The van der Waals surface area contributed by atoms with Gasteiger partial charge in [0.2, 0.25) is 5.91 Å². The van der Waals surface area contributed by atoms with Crippen LogP contribution in [0.2, 0.25) is 0 Å². The van der Waals surface area contributed by atoms with E-state index in [1.54, 1.807) is 13.3 Å². The van der Waals surface area contributed by atoms with E-state index in [4.69, 9.17) is 4.74 Å². The summed E-state index contributed by atoms with van der Waals surface area (Å²) in [6.45, 7) is 2.24. The predicted molar refractivity (Wildman–Crippen MR) is 79.9 cm³/mol. The van der Waals surface area contributed by atoms with Crippen molar-refractivity contribution in [2.24, 2.45) is 0 Å². The van der Waals surface area contributed by atoms with Gasteiger partial charge in [-0.2, -0.15) is 5.10 Å². The third kappa shape index (κ3) is 5.27. The molecule has 0 atom stereocenters. The number of methoxy groups -OCH3 is 1. The molecule has 2 rings (SSSR count). The van der Waals surface area contributed by atoms with Gasteiger partial charge in [0.05, 0.1) is 20.2 Å². The maximum absolute atomic E-state index is 11.7. The fraction of sp³-hybridized carbons (Fsp3) is 0.333. The molecule has 0 radical (unpaired) electrons. The van der Waals surface area contributed by atoms with Crippen LogP contribution in [0.25, 0.3) is 0 Å². The van der Waals surface area contributed by atoms with Crippen LogP contribution in [0.15, 0.2) is 42.7 Å². The van der Waals surface area contributed by atoms with Crippen molar-refractivity contribution < 1.29 is 9.53 Å². The fourth-order valence-electron chi connectivity index (χ4n) is 1.87. The van der Waals surface area contributed by atoms with Gasteiger partial charge in [0.25, 0.3) is 0 Å². The molecule has 1 heterocycles. The molecule has 0 bridgehead atoms. The van der Waals surface area contributed by atoms with E-state index in [-0.39, 0.29) is 5.91 Å². The summed E-state index contributed by atoms with van der Waals surface area (Å²) in [6, 6.07) is 9.52. The number of nitrogens with zero attached hydrogens (tertiary/aromatic N) is 2. The number of nitrogens with one attached hydrogen (secondary N) is 2. The summed E-state index contributed by atoms with van der Waals surface area (Å²) in [7, 11) is 1.63. The van der Waals surface area contributed by atoms with Crippen LogP contribution < -0.4 is 15.4 Å². The van der Waals surface area contributed by atoms with E-state index in [0.717, 1.165) is 17.9 Å². The smallest absolute Gasteiger partial charge is 0.234 e. The Balaban J connectivity index is 1.62. The molecule has 6 heteroatoms. The molecule has 0 unspecified atom stereocenters. The van der Waals surface area contributed by atoms with Crippen molar-refractivity contribution in [3.05, 3.63) is 48.3 Å². The lowest BCUT2D eigenvalue weighted by Crippen LogP contribution is -2.34. The Morgan fingerprint density at radius 1 is 1.38 bits per heavy atom. The standard InChI is InChI=1S/C15H20N4O2/c1-21-14-5-2-4-13(10-14)11-17-15(20)12-16-7-9-19-8-3-6-18-19/h2-6,8,10,16H,7,9,11-12H2,1H3,(H,17,20). The molecule has 0 fully saturated rings. The van der Waals surface area contributed by atoms with Crippen molar-refractivity contribution in [2.45, 2.75) is 13.1 Å². The Hall–Kier alpha value is -2.34. The zero-order valence-corrected chi connectivity index (χ0v) is 12.1. The number of aromatic nitrogens is 2. The van der Waals surface area contributed by atoms with Gasteiger partial charge in [0.1, 0.15) is 5.75 Å². The summed E-state index contributed by atoms with van der Waals surface area (Å²) >= 11 is 0. The average Bonchev–Trinajstić information content (AvgIpc) is 3.03. The second-order valence-electron chi connectivity index (χ2n) is 4.57. The van der Waals surface area contributed by atoms with E-state index in [1.165, 1.54) is 0 Å². The first-order valence-electron chi connectivity index (χ1n) is 6.85. The summed E-state index contributed by atoms with van der Waals surface area (Å²) in [5.41, 5.74) is 1.01. The van der Waals surface area contributed by atoms with Gasteiger partial charge < -0.3 is 15.4 Å². The lowest BCUT2D eigenvalue weighted by molar-refractivity contribution is -0.120. The van der Waals surface area contributed by atoms with E-state index in [9.17, 15) is 4.79 Å². The van der Waals surface area contributed by atoms with Crippen LogP contribution in [-0.4, -0.2) is 35.9 Å². The summed E-state index contributed by atoms with van der Waals surface area (Å²) in [5, 5.41) is 10.0. The van der Waals surface area contributed by atoms with Gasteiger partial charge in [0, 0.05) is 25.5 Å². The number of carbonyl (C=O) groups is 1. The third-order valence-electron chi connectivity index (χ3n) is 2.99. The number of ether oxygens (including phenoxy) is 1. The van der Waals surface area contributed by atoms with Crippen LogP contribution in [-0.2, 0) is 17.9 Å². The normalized spacial score (nSPS) is 10.3. The summed E-state index contributed by atoms with van der Waals surface area (Å²) in [5.74, 6) is 0.761. The molecular formula is C15H20N4O2. The second-order valence-corrected chi connectivity index (χ2v) is 4.57. The lowest BCUT2D eigenvalue weighted by Gasteiger charge is -2.08. The molecule has 112 valence electrons. The van der Waals surface area contributed by atoms with E-state index < -0.39 is 0 Å². The zero-order valence-electron chi connectivity index (χ0n) is 12.1. The maximum atomic E-state index is 11.7. The van der Waals surface area contributed by atoms with Crippen LogP contribution in [0.3, 0.4) is 0 Å². The molecule has 1 amide bonds. The lowest BCUT2D eigenvalue weighted by atomic mass is 10.2. The number of benzene rings is 1. The molecule has 2 aromatic rings. The molecule has 0 spiro atoms. The minimum Gasteiger partial charge on any atom is -0.497 e. The van der Waals surface area contributed by atoms with Gasteiger partial charge in [0.15, 0.2) is 0 Å². The van der Waals surface area contributed by atoms with Gasteiger partial charge in [-0.3, -0.25) is 9.48 Å². The predicted octanol–water partition coefficient (Wildman–Crippen LogP) is 0.798. The Morgan fingerprint density at radius 2 is 2.29 bits per heavy atom. The summed E-state index contributed by atoms with van der Waals surface area (Å²) in [6.07, 6.45) is 3.63. The van der Waals surface area contributed by atoms with Gasteiger partial charge in [-0.1, -0.05) is 12.1 Å². The molecule has 6 nitrogen and oxygen atoms in total. The number of amides is 1. The van der Waals surface area contributed by atoms with E-state index >= 15 is 0 Å². The highest BCUT2D eigenvalue weighted by Crippen LogP contribution is 2.11. The molecule has 0 aliphatic heterocycles. The van der Waals surface area contributed by atoms with Gasteiger partial charge in [-0.15, -0.1) is 0 Å². The molecular weight excluding hydrogens is 268 g/mol. The SMILES string of the molecule is COc1cccc(CNC(=O)CNCCn2cccn2)c1. The first-order valence-corrected chi connectivity index (χ1v) is 6.85. The minimum atomic E-state index is -0.0294. The molecule has 0 saturated carbocycles. The maximum Gasteiger partial charge on any atom is 0.234 e. The highest BCUT2D eigenvalue weighted by atomic mass is 16.5. The molecule has 2 N–H and O–H groups in total. The van der Waals surface area contributed by atoms with Crippen LogP contribution >= 0.6 is 0 Å². The van der Waals surface area contributed by atoms with E-state index in [2.05, 4.69) is 15.7 Å². The van der Waals surface area contributed by atoms with Crippen LogP contribution in [0.5, 0.6) is 5.75 Å². The van der Waals surface area contributed by atoms with E-state index in [1.807, 2.05) is 41.2 Å². The van der Waals surface area contributed by atoms with Crippen molar-refractivity contribution in [1.29, 1.82) is 0 Å². The Morgan fingerprint density at radius 3 is 3.05 bits per heavy atom. The fourth-order valence-corrected chi connectivity index (χ4v) is 1.87. The Bertz CT molecular complexity index is 555. The Labute approximate surface area is 124 Å². The highest BCUT2D eigenvalue weighted by molar-refractivity contribution is 5.77. The minimum absolute atomic E-state index is 0.0294. The number of hydrogen-bond acceptors (Lipinski definition) is 4. The molecule has 0 saturated heterocycles. The molecule has 21 heavy (non-hydrogen) atoms. The van der Waals surface area contributed by atoms with Crippen molar-refractivity contribution >= 4 is 5.91 Å². The van der Waals surface area contributed by atoms with Crippen LogP contribution in [0, 0.1) is 0 Å². The average molecular weight is 288 g/mol.